The number of H-pyrrole nitrogens is 1. The first-order valence-corrected chi connectivity index (χ1v) is 5.90. The molecule has 1 aromatic heterocycles. The fourth-order valence-electron chi connectivity index (χ4n) is 0.978. The van der Waals surface area contributed by atoms with Gasteiger partial charge in [0.1, 0.15) is 11.1 Å². The molecule has 1 heterocycles. The van der Waals surface area contributed by atoms with Crippen molar-refractivity contribution in [3.63, 3.8) is 0 Å². The molecule has 1 unspecified atom stereocenters. The Labute approximate surface area is 81.1 Å². The predicted octanol–water partition coefficient (Wildman–Crippen LogP) is 1.51. The van der Waals surface area contributed by atoms with Crippen LogP contribution in [-0.2, 0) is 9.05 Å². The highest BCUT2D eigenvalue weighted by Crippen LogP contribution is 2.24. The van der Waals surface area contributed by atoms with E-state index in [1.165, 1.54) is 12.3 Å². The number of hydrogen-bond acceptors (Lipinski definition) is 3. The van der Waals surface area contributed by atoms with Gasteiger partial charge in [-0.25, -0.2) is 13.4 Å². The van der Waals surface area contributed by atoms with E-state index in [9.17, 15) is 8.42 Å². The van der Waals surface area contributed by atoms with Crippen molar-refractivity contribution < 1.29 is 8.42 Å². The zero-order valence-corrected chi connectivity index (χ0v) is 8.56. The second kappa shape index (κ2) is 3.51. The molecule has 1 aromatic rings. The first-order chi connectivity index (χ1) is 5.95. The first-order valence-electron chi connectivity index (χ1n) is 3.52. The fourth-order valence-corrected chi connectivity index (χ4v) is 2.14. The van der Waals surface area contributed by atoms with E-state index in [-0.39, 0.29) is 0 Å². The van der Waals surface area contributed by atoms with Crippen LogP contribution in [0.1, 0.15) is 16.8 Å². The van der Waals surface area contributed by atoms with Crippen LogP contribution < -0.4 is 0 Å². The van der Waals surface area contributed by atoms with Crippen LogP contribution in [0.3, 0.4) is 0 Å². The average Bonchev–Trinajstić information content (AvgIpc) is 2.34. The lowest BCUT2D eigenvalue weighted by molar-refractivity contribution is 0.603. The molecule has 0 radical (unpaired) electrons. The molecule has 13 heavy (non-hydrogen) atoms. The highest BCUT2D eigenvalue weighted by Gasteiger charge is 2.23. The van der Waals surface area contributed by atoms with Crippen LogP contribution in [0.15, 0.2) is 18.9 Å². The van der Waals surface area contributed by atoms with Gasteiger partial charge in [-0.3, -0.25) is 0 Å². The predicted molar refractivity (Wildman–Crippen MR) is 51.0 cm³/mol. The third-order valence-corrected chi connectivity index (χ3v) is 3.18. The minimum absolute atomic E-state index is 0.433. The number of aryl methyl sites for hydroxylation is 1. The van der Waals surface area contributed by atoms with Crippen molar-refractivity contribution in [3.05, 3.63) is 30.4 Å². The van der Waals surface area contributed by atoms with Gasteiger partial charge in [0, 0.05) is 16.9 Å². The van der Waals surface area contributed by atoms with Crippen molar-refractivity contribution in [2.45, 2.75) is 12.2 Å². The highest BCUT2D eigenvalue weighted by molar-refractivity contribution is 8.14. The second-order valence-electron chi connectivity index (χ2n) is 2.56. The van der Waals surface area contributed by atoms with Gasteiger partial charge in [0.05, 0.1) is 5.69 Å². The van der Waals surface area contributed by atoms with E-state index < -0.39 is 14.3 Å². The average molecular weight is 221 g/mol. The van der Waals surface area contributed by atoms with Crippen LogP contribution in [0.25, 0.3) is 0 Å². The minimum atomic E-state index is -3.67. The van der Waals surface area contributed by atoms with E-state index in [1.807, 2.05) is 0 Å². The Morgan fingerprint density at radius 3 is 2.69 bits per heavy atom. The summed E-state index contributed by atoms with van der Waals surface area (Å²) < 4.78 is 22.0. The van der Waals surface area contributed by atoms with Crippen molar-refractivity contribution in [3.8, 4) is 0 Å². The molecule has 1 atom stereocenters. The van der Waals surface area contributed by atoms with Crippen LogP contribution in [0.5, 0.6) is 0 Å². The van der Waals surface area contributed by atoms with Gasteiger partial charge in [0.2, 0.25) is 9.05 Å². The van der Waals surface area contributed by atoms with E-state index >= 15 is 0 Å². The first kappa shape index (κ1) is 10.3. The van der Waals surface area contributed by atoms with E-state index in [2.05, 4.69) is 16.5 Å². The summed E-state index contributed by atoms with van der Waals surface area (Å²) in [6.45, 7) is 5.13. The van der Waals surface area contributed by atoms with E-state index in [0.717, 1.165) is 0 Å². The number of hydrogen-bond donors (Lipinski definition) is 1. The minimum Gasteiger partial charge on any atom is -0.345 e. The topological polar surface area (TPSA) is 62.8 Å². The Kier molecular flexibility index (Phi) is 2.77. The van der Waals surface area contributed by atoms with E-state index in [1.54, 1.807) is 6.92 Å². The van der Waals surface area contributed by atoms with Gasteiger partial charge >= 0.3 is 0 Å². The van der Waals surface area contributed by atoms with Crippen molar-refractivity contribution in [1.29, 1.82) is 0 Å². The molecule has 1 N–H and O–H groups in total. The quantitative estimate of drug-likeness (QED) is 0.621. The standard InChI is InChI=1S/C7H9ClN2O2S/c1-3-7(13(8,11)12)6-4-9-5(2)10-6/h3-4,7H,1H2,2H3,(H,9,10). The zero-order valence-electron chi connectivity index (χ0n) is 6.99. The molecule has 0 fully saturated rings. The molecular formula is C7H9ClN2O2S. The van der Waals surface area contributed by atoms with Crippen molar-refractivity contribution in [1.82, 2.24) is 9.97 Å². The van der Waals surface area contributed by atoms with Crippen LogP contribution >= 0.6 is 10.7 Å². The number of imidazole rings is 1. The third-order valence-electron chi connectivity index (χ3n) is 1.55. The number of rotatable bonds is 3. The van der Waals surface area contributed by atoms with Gasteiger partial charge in [0.25, 0.3) is 0 Å². The van der Waals surface area contributed by atoms with Crippen LogP contribution in [0.2, 0.25) is 0 Å². The summed E-state index contributed by atoms with van der Waals surface area (Å²) in [5, 5.41) is -0.921. The lowest BCUT2D eigenvalue weighted by atomic mass is 10.3. The number of nitrogens with one attached hydrogen (secondary N) is 1. The molecule has 4 nitrogen and oxygen atoms in total. The fraction of sp³-hybridized carbons (Fsp3) is 0.286. The van der Waals surface area contributed by atoms with Gasteiger partial charge in [-0.2, -0.15) is 0 Å². The van der Waals surface area contributed by atoms with Gasteiger partial charge < -0.3 is 4.98 Å². The summed E-state index contributed by atoms with van der Waals surface area (Å²) in [5.74, 6) is 0.641. The van der Waals surface area contributed by atoms with Gasteiger partial charge in [-0.05, 0) is 6.92 Å². The lowest BCUT2D eigenvalue weighted by Crippen LogP contribution is -2.04. The number of halogens is 1. The number of aromatic nitrogens is 2. The number of aromatic amines is 1. The second-order valence-corrected chi connectivity index (χ2v) is 5.31. The molecule has 0 aromatic carbocycles. The summed E-state index contributed by atoms with van der Waals surface area (Å²) in [6, 6.07) is 0. The maximum absolute atomic E-state index is 11.0. The largest absolute Gasteiger partial charge is 0.345 e. The maximum Gasteiger partial charge on any atom is 0.244 e. The molecule has 0 spiro atoms. The summed E-state index contributed by atoms with van der Waals surface area (Å²) >= 11 is 0. The molecule has 0 aliphatic rings. The molecule has 0 aliphatic heterocycles. The van der Waals surface area contributed by atoms with Crippen molar-refractivity contribution in [2.75, 3.05) is 0 Å². The van der Waals surface area contributed by atoms with Crippen molar-refractivity contribution >= 4 is 19.7 Å². The van der Waals surface area contributed by atoms with E-state index in [0.29, 0.717) is 11.5 Å². The molecule has 0 amide bonds. The van der Waals surface area contributed by atoms with Crippen molar-refractivity contribution in [2.24, 2.45) is 0 Å². The molecule has 0 saturated heterocycles. The van der Waals surface area contributed by atoms with Gasteiger partial charge in [-0.1, -0.05) is 6.08 Å². The smallest absolute Gasteiger partial charge is 0.244 e. The maximum atomic E-state index is 11.0. The number of nitrogens with zero attached hydrogens (tertiary/aromatic N) is 1. The lowest BCUT2D eigenvalue weighted by Gasteiger charge is -2.04. The Morgan fingerprint density at radius 2 is 2.38 bits per heavy atom. The highest BCUT2D eigenvalue weighted by atomic mass is 35.7. The van der Waals surface area contributed by atoms with Crippen LogP contribution in [0, 0.1) is 6.92 Å². The summed E-state index contributed by atoms with van der Waals surface area (Å²) in [6.07, 6.45) is 2.69. The normalized spacial score (nSPS) is 14.0. The molecular weight excluding hydrogens is 212 g/mol. The molecule has 0 bridgehead atoms. The SMILES string of the molecule is C=CC(c1cnc(C)[nH]1)S(=O)(=O)Cl. The monoisotopic (exact) mass is 220 g/mol. The molecule has 0 aliphatic carbocycles. The summed E-state index contributed by atoms with van der Waals surface area (Å²) in [7, 11) is 1.52. The summed E-state index contributed by atoms with van der Waals surface area (Å²) in [4.78, 5) is 6.66. The molecule has 6 heteroatoms. The van der Waals surface area contributed by atoms with Crippen LogP contribution in [0.4, 0.5) is 0 Å². The third kappa shape index (κ3) is 2.32. The summed E-state index contributed by atoms with van der Waals surface area (Å²) in [5.41, 5.74) is 0.433. The van der Waals surface area contributed by atoms with Gasteiger partial charge in [0.15, 0.2) is 0 Å². The van der Waals surface area contributed by atoms with Gasteiger partial charge in [-0.15, -0.1) is 6.58 Å². The van der Waals surface area contributed by atoms with Crippen LogP contribution in [-0.4, -0.2) is 18.4 Å². The molecule has 72 valence electrons. The molecule has 0 saturated carbocycles. The zero-order chi connectivity index (χ0) is 10.1. The molecule has 1 rings (SSSR count). The Hall–Kier alpha value is -0.810. The Morgan fingerprint density at radius 1 is 1.77 bits per heavy atom. The Balaban J connectivity index is 3.12. The Bertz CT molecular complexity index is 410. The van der Waals surface area contributed by atoms with E-state index in [4.69, 9.17) is 10.7 Å².